The van der Waals surface area contributed by atoms with Crippen LogP contribution in [0.25, 0.3) is 0 Å². The van der Waals surface area contributed by atoms with E-state index in [9.17, 15) is 4.79 Å². The van der Waals surface area contributed by atoms with Gasteiger partial charge in [0, 0.05) is 42.1 Å². The van der Waals surface area contributed by atoms with Gasteiger partial charge in [0.25, 0.3) is 0 Å². The highest BCUT2D eigenvalue weighted by Gasteiger charge is 2.44. The van der Waals surface area contributed by atoms with Crippen LogP contribution >= 0.6 is 11.6 Å². The van der Waals surface area contributed by atoms with E-state index in [-0.39, 0.29) is 11.3 Å². The number of amides is 1. The van der Waals surface area contributed by atoms with E-state index in [1.54, 1.807) is 12.1 Å². The van der Waals surface area contributed by atoms with Gasteiger partial charge in [0.1, 0.15) is 17.3 Å². The maximum atomic E-state index is 12.3. The summed E-state index contributed by atoms with van der Waals surface area (Å²) in [5.74, 6) is 3.13. The Morgan fingerprint density at radius 3 is 2.33 bits per heavy atom. The number of benzene rings is 2. The molecule has 0 bridgehead atoms. The standard InChI is InChI=1S/C25H26ClN5O2/c1-17-16-28-24(30-22(17)31-14-11-25(12-15-31)10-13-27-23(25)32)29-19-4-8-21(9-5-19)33-20-6-2-18(26)3-7-20/h2-9,16H,10-15H2,1H3,(H,27,32)(H,28,29,30). The molecule has 8 heteroatoms. The molecule has 7 nitrogen and oxygen atoms in total. The van der Waals surface area contributed by atoms with Gasteiger partial charge in [-0.05, 0) is 74.7 Å². The zero-order valence-electron chi connectivity index (χ0n) is 18.5. The zero-order valence-corrected chi connectivity index (χ0v) is 19.2. The maximum Gasteiger partial charge on any atom is 0.229 e. The Labute approximate surface area is 198 Å². The number of halogens is 1. The number of ether oxygens (including phenoxy) is 1. The second-order valence-corrected chi connectivity index (χ2v) is 9.12. The van der Waals surface area contributed by atoms with Crippen molar-refractivity contribution in [1.29, 1.82) is 0 Å². The number of piperidine rings is 1. The number of nitrogens with zero attached hydrogens (tertiary/aromatic N) is 3. The predicted octanol–water partition coefficient (Wildman–Crippen LogP) is 5.08. The molecule has 0 aliphatic carbocycles. The van der Waals surface area contributed by atoms with Gasteiger partial charge < -0.3 is 20.3 Å². The van der Waals surface area contributed by atoms with Crippen LogP contribution in [0.5, 0.6) is 11.5 Å². The fourth-order valence-electron chi connectivity index (χ4n) is 4.53. The summed E-state index contributed by atoms with van der Waals surface area (Å²) in [5.41, 5.74) is 1.71. The van der Waals surface area contributed by atoms with Gasteiger partial charge >= 0.3 is 0 Å². The number of carbonyl (C=O) groups excluding carboxylic acids is 1. The molecule has 0 atom stereocenters. The Hall–Kier alpha value is -3.32. The largest absolute Gasteiger partial charge is 0.457 e. The van der Waals surface area contributed by atoms with Gasteiger partial charge in [-0.2, -0.15) is 4.98 Å². The topological polar surface area (TPSA) is 79.4 Å². The third-order valence-electron chi connectivity index (χ3n) is 6.50. The number of aryl methyl sites for hydroxylation is 1. The number of aromatic nitrogens is 2. The van der Waals surface area contributed by atoms with E-state index in [0.717, 1.165) is 67.5 Å². The lowest BCUT2D eigenvalue weighted by Crippen LogP contribution is -2.44. The van der Waals surface area contributed by atoms with Crippen molar-refractivity contribution < 1.29 is 9.53 Å². The monoisotopic (exact) mass is 463 g/mol. The molecule has 1 aromatic heterocycles. The molecule has 2 fully saturated rings. The summed E-state index contributed by atoms with van der Waals surface area (Å²) in [6.45, 7) is 4.46. The van der Waals surface area contributed by atoms with E-state index in [2.05, 4.69) is 20.5 Å². The molecule has 0 unspecified atom stereocenters. The molecule has 3 aromatic rings. The van der Waals surface area contributed by atoms with Crippen molar-refractivity contribution in [2.24, 2.45) is 5.41 Å². The molecule has 2 aromatic carbocycles. The van der Waals surface area contributed by atoms with E-state index < -0.39 is 0 Å². The quantitative estimate of drug-likeness (QED) is 0.549. The first-order chi connectivity index (χ1) is 16.0. The molecule has 5 rings (SSSR count). The highest BCUT2D eigenvalue weighted by atomic mass is 35.5. The van der Waals surface area contributed by atoms with Crippen LogP contribution in [0.3, 0.4) is 0 Å². The number of carbonyl (C=O) groups is 1. The lowest BCUT2D eigenvalue weighted by Gasteiger charge is -2.38. The molecule has 0 radical (unpaired) electrons. The summed E-state index contributed by atoms with van der Waals surface area (Å²) in [4.78, 5) is 23.8. The van der Waals surface area contributed by atoms with Gasteiger partial charge in [0.05, 0.1) is 5.41 Å². The summed E-state index contributed by atoms with van der Waals surface area (Å²) in [6, 6.07) is 14.9. The first-order valence-electron chi connectivity index (χ1n) is 11.2. The molecule has 1 spiro atoms. The molecular weight excluding hydrogens is 438 g/mol. The summed E-state index contributed by atoms with van der Waals surface area (Å²) < 4.78 is 5.85. The number of hydrogen-bond acceptors (Lipinski definition) is 6. The van der Waals surface area contributed by atoms with Gasteiger partial charge in [-0.25, -0.2) is 4.98 Å². The molecule has 2 N–H and O–H groups in total. The summed E-state index contributed by atoms with van der Waals surface area (Å²) >= 11 is 5.92. The Morgan fingerprint density at radius 1 is 1.03 bits per heavy atom. The third-order valence-corrected chi connectivity index (χ3v) is 6.75. The van der Waals surface area contributed by atoms with Crippen molar-refractivity contribution >= 4 is 35.0 Å². The lowest BCUT2D eigenvalue weighted by molar-refractivity contribution is -0.128. The highest BCUT2D eigenvalue weighted by molar-refractivity contribution is 6.30. The molecule has 33 heavy (non-hydrogen) atoms. The summed E-state index contributed by atoms with van der Waals surface area (Å²) in [7, 11) is 0. The average molecular weight is 464 g/mol. The lowest BCUT2D eigenvalue weighted by atomic mass is 9.77. The predicted molar refractivity (Wildman–Crippen MR) is 130 cm³/mol. The Morgan fingerprint density at radius 2 is 1.70 bits per heavy atom. The van der Waals surface area contributed by atoms with E-state index in [0.29, 0.717) is 11.0 Å². The average Bonchev–Trinajstić information content (AvgIpc) is 3.18. The van der Waals surface area contributed by atoms with Gasteiger partial charge in [-0.15, -0.1) is 0 Å². The Balaban J connectivity index is 1.25. The van der Waals surface area contributed by atoms with E-state index in [1.807, 2.05) is 49.5 Å². The van der Waals surface area contributed by atoms with Crippen LogP contribution in [-0.2, 0) is 4.79 Å². The van der Waals surface area contributed by atoms with Crippen LogP contribution in [0.15, 0.2) is 54.7 Å². The SMILES string of the molecule is Cc1cnc(Nc2ccc(Oc3ccc(Cl)cc3)cc2)nc1N1CCC2(CCNC2=O)CC1. The van der Waals surface area contributed by atoms with Crippen molar-refractivity contribution in [3.63, 3.8) is 0 Å². The van der Waals surface area contributed by atoms with E-state index in [1.165, 1.54) is 0 Å². The third kappa shape index (κ3) is 4.59. The van der Waals surface area contributed by atoms with Crippen LogP contribution in [0, 0.1) is 12.3 Å². The van der Waals surface area contributed by atoms with Gasteiger partial charge in [0.15, 0.2) is 0 Å². The molecule has 1 amide bonds. The van der Waals surface area contributed by atoms with Crippen molar-refractivity contribution in [2.45, 2.75) is 26.2 Å². The minimum Gasteiger partial charge on any atom is -0.457 e. The first kappa shape index (κ1) is 21.5. The van der Waals surface area contributed by atoms with Gasteiger partial charge in [0.2, 0.25) is 11.9 Å². The first-order valence-corrected chi connectivity index (χ1v) is 11.6. The molecule has 2 aliphatic rings. The minimum atomic E-state index is -0.186. The van der Waals surface area contributed by atoms with Crippen LogP contribution in [0.4, 0.5) is 17.5 Å². The smallest absolute Gasteiger partial charge is 0.229 e. The molecule has 0 saturated carbocycles. The highest BCUT2D eigenvalue weighted by Crippen LogP contribution is 2.39. The second kappa shape index (κ2) is 8.90. The Bertz CT molecular complexity index is 1140. The van der Waals surface area contributed by atoms with Crippen molar-refractivity contribution in [3.05, 3.63) is 65.3 Å². The van der Waals surface area contributed by atoms with Crippen molar-refractivity contribution in [3.8, 4) is 11.5 Å². The number of anilines is 3. The molecule has 170 valence electrons. The molecule has 2 aliphatic heterocycles. The van der Waals surface area contributed by atoms with Crippen LogP contribution in [-0.4, -0.2) is 35.5 Å². The number of hydrogen-bond donors (Lipinski definition) is 2. The van der Waals surface area contributed by atoms with Gasteiger partial charge in [-0.1, -0.05) is 11.6 Å². The fraction of sp³-hybridized carbons (Fsp3) is 0.320. The Kier molecular flexibility index (Phi) is 5.81. The zero-order chi connectivity index (χ0) is 22.8. The molecule has 2 saturated heterocycles. The van der Waals surface area contributed by atoms with Crippen molar-refractivity contribution in [1.82, 2.24) is 15.3 Å². The second-order valence-electron chi connectivity index (χ2n) is 8.68. The maximum absolute atomic E-state index is 12.3. The van der Waals surface area contributed by atoms with Crippen molar-refractivity contribution in [2.75, 3.05) is 29.9 Å². The summed E-state index contributed by atoms with van der Waals surface area (Å²) in [5, 5.41) is 6.95. The van der Waals surface area contributed by atoms with Crippen LogP contribution < -0.4 is 20.3 Å². The van der Waals surface area contributed by atoms with E-state index in [4.69, 9.17) is 21.3 Å². The van der Waals surface area contributed by atoms with Crippen LogP contribution in [0.1, 0.15) is 24.8 Å². The molecule has 3 heterocycles. The molecular formula is C25H26ClN5O2. The van der Waals surface area contributed by atoms with Gasteiger partial charge in [-0.3, -0.25) is 4.79 Å². The minimum absolute atomic E-state index is 0.186. The number of rotatable bonds is 5. The fourth-order valence-corrected chi connectivity index (χ4v) is 4.65. The summed E-state index contributed by atoms with van der Waals surface area (Å²) in [6.07, 6.45) is 4.50. The number of nitrogens with one attached hydrogen (secondary N) is 2. The normalized spacial score (nSPS) is 17.2. The van der Waals surface area contributed by atoms with E-state index >= 15 is 0 Å². The van der Waals surface area contributed by atoms with Crippen LogP contribution in [0.2, 0.25) is 5.02 Å².